The number of aryl methyl sites for hydroxylation is 2. The van der Waals surface area contributed by atoms with Gasteiger partial charge in [-0.1, -0.05) is 0 Å². The maximum Gasteiger partial charge on any atom is 0.337 e. The minimum Gasteiger partial charge on any atom is -0.465 e. The van der Waals surface area contributed by atoms with Crippen molar-refractivity contribution < 1.29 is 19.1 Å². The quantitative estimate of drug-likeness (QED) is 0.661. The molecule has 0 unspecified atom stereocenters. The molecule has 6 nitrogen and oxygen atoms in total. The van der Waals surface area contributed by atoms with E-state index in [0.717, 1.165) is 40.0 Å². The van der Waals surface area contributed by atoms with E-state index in [2.05, 4.69) is 9.88 Å². The number of nitrogens with one attached hydrogen (secondary N) is 1. The Morgan fingerprint density at radius 1 is 1.19 bits per heavy atom. The van der Waals surface area contributed by atoms with E-state index in [1.807, 2.05) is 32.9 Å². The van der Waals surface area contributed by atoms with Gasteiger partial charge in [-0.2, -0.15) is 0 Å². The van der Waals surface area contributed by atoms with Crippen LogP contribution in [0, 0.1) is 20.8 Å². The van der Waals surface area contributed by atoms with Crippen LogP contribution in [0.15, 0.2) is 29.2 Å². The molecule has 0 spiro atoms. The number of nitrogens with zero attached hydrogens (tertiary/aromatic N) is 1. The summed E-state index contributed by atoms with van der Waals surface area (Å²) in [6.45, 7) is 5.85. The number of methoxy groups -OCH3 is 1. The van der Waals surface area contributed by atoms with Crippen LogP contribution in [0.4, 0.5) is 4.79 Å². The van der Waals surface area contributed by atoms with Gasteiger partial charge in [0.1, 0.15) is 0 Å². The fraction of sp³-hybridized carbons (Fsp3) is 0.211. The smallest absolute Gasteiger partial charge is 0.337 e. The third kappa shape index (κ3) is 3.17. The first-order valence-electron chi connectivity index (χ1n) is 7.95. The zero-order valence-electron chi connectivity index (χ0n) is 14.9. The minimum atomic E-state index is -0.375. The van der Waals surface area contributed by atoms with Crippen LogP contribution < -0.4 is 5.32 Å². The second-order valence-electron chi connectivity index (χ2n) is 6.01. The summed E-state index contributed by atoms with van der Waals surface area (Å²) in [5, 5.41) is 1.90. The Hall–Kier alpha value is -2.80. The van der Waals surface area contributed by atoms with Gasteiger partial charge in [-0.3, -0.25) is 14.9 Å². The van der Waals surface area contributed by atoms with Gasteiger partial charge in [0.05, 0.1) is 17.6 Å². The Kier molecular flexibility index (Phi) is 4.73. The summed E-state index contributed by atoms with van der Waals surface area (Å²) in [6.07, 6.45) is 1.72. The van der Waals surface area contributed by atoms with Gasteiger partial charge in [0.2, 0.25) is 0 Å². The lowest BCUT2D eigenvalue weighted by molar-refractivity contribution is -0.115. The number of imide groups is 1. The highest BCUT2D eigenvalue weighted by molar-refractivity contribution is 8.18. The van der Waals surface area contributed by atoms with Crippen molar-refractivity contribution in [1.82, 2.24) is 9.88 Å². The molecule has 1 saturated heterocycles. The Morgan fingerprint density at radius 3 is 2.50 bits per heavy atom. The molecule has 2 amide bonds. The number of esters is 1. The molecule has 1 aliphatic rings. The summed E-state index contributed by atoms with van der Waals surface area (Å²) in [5.74, 6) is -0.747. The lowest BCUT2D eigenvalue weighted by Crippen LogP contribution is -2.17. The highest BCUT2D eigenvalue weighted by Gasteiger charge is 2.25. The van der Waals surface area contributed by atoms with Gasteiger partial charge in [-0.05, 0) is 74.0 Å². The Balaban J connectivity index is 2.04. The molecule has 26 heavy (non-hydrogen) atoms. The molecule has 1 aliphatic heterocycles. The van der Waals surface area contributed by atoms with Crippen LogP contribution in [0.25, 0.3) is 11.8 Å². The van der Waals surface area contributed by atoms with Gasteiger partial charge in [0.15, 0.2) is 0 Å². The van der Waals surface area contributed by atoms with Crippen molar-refractivity contribution in [2.24, 2.45) is 0 Å². The lowest BCUT2D eigenvalue weighted by Gasteiger charge is -2.14. The largest absolute Gasteiger partial charge is 0.465 e. The monoisotopic (exact) mass is 370 g/mol. The third-order valence-electron chi connectivity index (χ3n) is 4.26. The molecule has 2 heterocycles. The molecule has 1 aromatic heterocycles. The molecule has 2 aromatic rings. The van der Waals surface area contributed by atoms with Gasteiger partial charge in [-0.25, -0.2) is 4.79 Å². The molecule has 0 atom stereocenters. The normalized spacial score (nSPS) is 15.5. The van der Waals surface area contributed by atoms with Crippen molar-refractivity contribution >= 4 is 35.0 Å². The Morgan fingerprint density at radius 2 is 1.92 bits per heavy atom. The summed E-state index contributed by atoms with van der Waals surface area (Å²) >= 11 is 0.900. The highest BCUT2D eigenvalue weighted by atomic mass is 32.2. The zero-order valence-corrected chi connectivity index (χ0v) is 15.7. The molecule has 134 valence electrons. The number of aromatic nitrogens is 1. The van der Waals surface area contributed by atoms with E-state index < -0.39 is 0 Å². The molecule has 3 rings (SSSR count). The number of hydrogen-bond acceptors (Lipinski definition) is 5. The van der Waals surface area contributed by atoms with Crippen LogP contribution in [-0.2, 0) is 9.53 Å². The average Bonchev–Trinajstić information content (AvgIpc) is 3.05. The number of carbonyl (C=O) groups excluding carboxylic acids is 3. The Bertz CT molecular complexity index is 972. The van der Waals surface area contributed by atoms with Gasteiger partial charge in [0.25, 0.3) is 11.1 Å². The maximum atomic E-state index is 11.8. The van der Waals surface area contributed by atoms with Crippen molar-refractivity contribution in [1.29, 1.82) is 0 Å². The van der Waals surface area contributed by atoms with Crippen molar-refractivity contribution in [3.05, 3.63) is 57.2 Å². The van der Waals surface area contributed by atoms with Gasteiger partial charge in [-0.15, -0.1) is 0 Å². The van der Waals surface area contributed by atoms with E-state index in [-0.39, 0.29) is 17.1 Å². The molecule has 1 N–H and O–H groups in total. The molecular weight excluding hydrogens is 352 g/mol. The number of hydrogen-bond donors (Lipinski definition) is 1. The standard InChI is InChI=1S/C19H18N2O4S/c1-10-7-13(18(23)25-4)5-6-15(10)21-11(2)8-14(12(21)3)9-16-17(22)20-19(24)26-16/h5-9H,1-4H3,(H,20,22,24)/b16-9-. The van der Waals surface area contributed by atoms with E-state index in [1.54, 1.807) is 18.2 Å². The van der Waals surface area contributed by atoms with Gasteiger partial charge in [0, 0.05) is 17.1 Å². The predicted molar refractivity (Wildman–Crippen MR) is 100 cm³/mol. The number of rotatable bonds is 3. The average molecular weight is 370 g/mol. The second-order valence-corrected chi connectivity index (χ2v) is 7.02. The van der Waals surface area contributed by atoms with Crippen LogP contribution in [-0.4, -0.2) is 28.8 Å². The molecule has 0 radical (unpaired) electrons. The molecule has 1 aromatic carbocycles. The van der Waals surface area contributed by atoms with Crippen molar-refractivity contribution in [3.63, 3.8) is 0 Å². The fourth-order valence-electron chi connectivity index (χ4n) is 3.02. The predicted octanol–water partition coefficient (Wildman–Crippen LogP) is 3.51. The van der Waals surface area contributed by atoms with Gasteiger partial charge < -0.3 is 9.30 Å². The molecule has 0 aliphatic carbocycles. The van der Waals surface area contributed by atoms with E-state index >= 15 is 0 Å². The van der Waals surface area contributed by atoms with E-state index in [9.17, 15) is 14.4 Å². The summed E-state index contributed by atoms with van der Waals surface area (Å²) in [6, 6.07) is 7.35. The van der Waals surface area contributed by atoms with E-state index in [0.29, 0.717) is 10.5 Å². The lowest BCUT2D eigenvalue weighted by atomic mass is 10.1. The first-order valence-corrected chi connectivity index (χ1v) is 8.76. The van der Waals surface area contributed by atoms with Gasteiger partial charge >= 0.3 is 5.97 Å². The van der Waals surface area contributed by atoms with Crippen molar-refractivity contribution in [2.75, 3.05) is 7.11 Å². The molecule has 1 fully saturated rings. The summed E-state index contributed by atoms with van der Waals surface area (Å²) in [5.41, 5.74) is 5.16. The molecule has 0 saturated carbocycles. The molecule has 0 bridgehead atoms. The number of thioether (sulfide) groups is 1. The number of ether oxygens (including phenoxy) is 1. The molecular formula is C19H18N2O4S. The second kappa shape index (κ2) is 6.84. The topological polar surface area (TPSA) is 77.4 Å². The first-order chi connectivity index (χ1) is 12.3. The van der Waals surface area contributed by atoms with Crippen LogP contribution in [0.1, 0.15) is 32.9 Å². The zero-order chi connectivity index (χ0) is 19.0. The fourth-order valence-corrected chi connectivity index (χ4v) is 3.69. The van der Waals surface area contributed by atoms with Crippen molar-refractivity contribution in [2.45, 2.75) is 20.8 Å². The number of amides is 2. The third-order valence-corrected chi connectivity index (χ3v) is 5.07. The molecule has 7 heteroatoms. The Labute approximate surface area is 155 Å². The van der Waals surface area contributed by atoms with Crippen LogP contribution in [0.2, 0.25) is 0 Å². The number of carbonyl (C=O) groups is 3. The van der Waals surface area contributed by atoms with E-state index in [1.165, 1.54) is 7.11 Å². The summed E-state index contributed by atoms with van der Waals surface area (Å²) in [4.78, 5) is 35.2. The maximum absolute atomic E-state index is 11.8. The summed E-state index contributed by atoms with van der Waals surface area (Å²) in [7, 11) is 1.35. The summed E-state index contributed by atoms with van der Waals surface area (Å²) < 4.78 is 6.82. The minimum absolute atomic E-state index is 0.357. The SMILES string of the molecule is COC(=O)c1ccc(-n2c(C)cc(/C=C3\SC(=O)NC3=O)c2C)c(C)c1. The van der Waals surface area contributed by atoms with E-state index in [4.69, 9.17) is 4.74 Å². The highest BCUT2D eigenvalue weighted by Crippen LogP contribution is 2.30. The number of benzene rings is 1. The first kappa shape index (κ1) is 18.0. The van der Waals surface area contributed by atoms with Crippen LogP contribution in [0.5, 0.6) is 0 Å². The van der Waals surface area contributed by atoms with Crippen LogP contribution >= 0.6 is 11.8 Å². The van der Waals surface area contributed by atoms with Crippen molar-refractivity contribution in [3.8, 4) is 5.69 Å². The van der Waals surface area contributed by atoms with Crippen LogP contribution in [0.3, 0.4) is 0 Å².